The first kappa shape index (κ1) is 12.0. The number of halogens is 1. The Labute approximate surface area is 97.8 Å². The number of benzene rings is 1. The predicted octanol–water partition coefficient (Wildman–Crippen LogP) is 3.11. The minimum absolute atomic E-state index is 0.186. The Morgan fingerprint density at radius 3 is 2.93 bits per heavy atom. The van der Waals surface area contributed by atoms with Crippen LogP contribution in [0.25, 0.3) is 6.08 Å². The van der Waals surface area contributed by atoms with Crippen LogP contribution < -0.4 is 0 Å². The zero-order valence-electron chi connectivity index (χ0n) is 8.32. The Hall–Kier alpha value is -1.09. The fraction of sp³-hybridized carbons (Fsp3) is 0.250. The molecule has 0 aliphatic rings. The van der Waals surface area contributed by atoms with Crippen LogP contribution in [0.15, 0.2) is 30.3 Å². The van der Waals surface area contributed by atoms with Crippen molar-refractivity contribution >= 4 is 28.0 Å². The Kier molecular flexibility index (Phi) is 5.12. The van der Waals surface area contributed by atoms with E-state index in [9.17, 15) is 4.79 Å². The molecule has 0 saturated heterocycles. The van der Waals surface area contributed by atoms with Crippen molar-refractivity contribution in [2.75, 3.05) is 5.33 Å². The fourth-order valence-electron chi connectivity index (χ4n) is 1.28. The van der Waals surface area contributed by atoms with E-state index in [1.54, 1.807) is 0 Å². The van der Waals surface area contributed by atoms with E-state index in [-0.39, 0.29) is 6.42 Å². The van der Waals surface area contributed by atoms with Gasteiger partial charge in [0.25, 0.3) is 0 Å². The molecule has 0 atom stereocenters. The predicted molar refractivity (Wildman–Crippen MR) is 65.2 cm³/mol. The summed E-state index contributed by atoms with van der Waals surface area (Å²) in [7, 11) is 0. The highest BCUT2D eigenvalue weighted by Gasteiger charge is 1.98. The molecular weight excluding hydrogens is 256 g/mol. The zero-order valence-corrected chi connectivity index (χ0v) is 9.90. The molecule has 15 heavy (non-hydrogen) atoms. The molecule has 1 aromatic carbocycles. The molecule has 0 saturated carbocycles. The van der Waals surface area contributed by atoms with Gasteiger partial charge in [-0.25, -0.2) is 0 Å². The standard InChI is InChI=1S/C12H13BrO2/c13-8-2-5-10-3-1-4-11(9-10)6-7-12(14)15/h1-5,9H,6-8H2,(H,14,15). The van der Waals surface area contributed by atoms with Crippen LogP contribution in [0.3, 0.4) is 0 Å². The second-order valence-electron chi connectivity index (χ2n) is 3.20. The molecule has 0 heterocycles. The molecule has 3 heteroatoms. The molecule has 80 valence electrons. The first-order valence-corrected chi connectivity index (χ1v) is 5.88. The summed E-state index contributed by atoms with van der Waals surface area (Å²) >= 11 is 3.31. The quantitative estimate of drug-likeness (QED) is 0.834. The van der Waals surface area contributed by atoms with E-state index in [1.807, 2.05) is 36.4 Å². The molecule has 0 aliphatic heterocycles. The first-order chi connectivity index (χ1) is 7.22. The number of rotatable bonds is 5. The van der Waals surface area contributed by atoms with Gasteiger partial charge in [-0.3, -0.25) is 4.79 Å². The molecule has 0 aromatic heterocycles. The molecule has 0 spiro atoms. The van der Waals surface area contributed by atoms with Crippen molar-refractivity contribution in [3.63, 3.8) is 0 Å². The normalized spacial score (nSPS) is 10.7. The molecule has 0 radical (unpaired) electrons. The largest absolute Gasteiger partial charge is 0.481 e. The number of carboxylic acid groups (broad SMARTS) is 1. The van der Waals surface area contributed by atoms with E-state index in [4.69, 9.17) is 5.11 Å². The summed E-state index contributed by atoms with van der Waals surface area (Å²) in [5.74, 6) is -0.753. The number of aliphatic carboxylic acids is 1. The summed E-state index contributed by atoms with van der Waals surface area (Å²) in [6, 6.07) is 7.92. The van der Waals surface area contributed by atoms with Gasteiger partial charge in [0.2, 0.25) is 0 Å². The average Bonchev–Trinajstić information content (AvgIpc) is 2.24. The van der Waals surface area contributed by atoms with E-state index < -0.39 is 5.97 Å². The van der Waals surface area contributed by atoms with Crippen molar-refractivity contribution in [2.24, 2.45) is 0 Å². The number of carbonyl (C=O) groups is 1. The van der Waals surface area contributed by atoms with Gasteiger partial charge >= 0.3 is 5.97 Å². The Balaban J connectivity index is 2.65. The first-order valence-electron chi connectivity index (χ1n) is 4.75. The molecule has 1 aromatic rings. The van der Waals surface area contributed by atoms with E-state index >= 15 is 0 Å². The molecule has 1 N–H and O–H groups in total. The molecule has 0 bridgehead atoms. The number of alkyl halides is 1. The summed E-state index contributed by atoms with van der Waals surface area (Å²) in [6.07, 6.45) is 4.80. The maximum atomic E-state index is 10.4. The minimum Gasteiger partial charge on any atom is -0.481 e. The number of allylic oxidation sites excluding steroid dienone is 1. The summed E-state index contributed by atoms with van der Waals surface area (Å²) in [5, 5.41) is 9.39. The van der Waals surface area contributed by atoms with Crippen LogP contribution in [0.2, 0.25) is 0 Å². The highest BCUT2D eigenvalue weighted by molar-refractivity contribution is 9.09. The minimum atomic E-state index is -0.753. The lowest BCUT2D eigenvalue weighted by Gasteiger charge is -2.00. The van der Waals surface area contributed by atoms with Crippen molar-refractivity contribution in [3.8, 4) is 0 Å². The topological polar surface area (TPSA) is 37.3 Å². The van der Waals surface area contributed by atoms with E-state index in [1.165, 1.54) is 0 Å². The van der Waals surface area contributed by atoms with Gasteiger partial charge in [0.1, 0.15) is 0 Å². The number of aryl methyl sites for hydroxylation is 1. The lowest BCUT2D eigenvalue weighted by molar-refractivity contribution is -0.136. The summed E-state index contributed by atoms with van der Waals surface area (Å²) in [5.41, 5.74) is 2.17. The van der Waals surface area contributed by atoms with Crippen LogP contribution in [0.4, 0.5) is 0 Å². The fourth-order valence-corrected chi connectivity index (χ4v) is 1.47. The number of hydrogen-bond acceptors (Lipinski definition) is 1. The molecule has 2 nitrogen and oxygen atoms in total. The lowest BCUT2D eigenvalue weighted by atomic mass is 10.1. The molecule has 0 unspecified atom stereocenters. The van der Waals surface area contributed by atoms with Crippen molar-refractivity contribution in [1.29, 1.82) is 0 Å². The average molecular weight is 269 g/mol. The molecule has 1 rings (SSSR count). The van der Waals surface area contributed by atoms with Gasteiger partial charge in [0, 0.05) is 11.8 Å². The third kappa shape index (κ3) is 4.79. The summed E-state index contributed by atoms with van der Waals surface area (Å²) in [4.78, 5) is 10.4. The van der Waals surface area contributed by atoms with Gasteiger partial charge in [-0.05, 0) is 17.5 Å². The van der Waals surface area contributed by atoms with Crippen molar-refractivity contribution in [1.82, 2.24) is 0 Å². The third-order valence-electron chi connectivity index (χ3n) is 1.98. The van der Waals surface area contributed by atoms with Crippen LogP contribution in [-0.2, 0) is 11.2 Å². The summed E-state index contributed by atoms with van der Waals surface area (Å²) < 4.78 is 0. The van der Waals surface area contributed by atoms with Crippen LogP contribution in [0, 0.1) is 0 Å². The molecule has 0 fully saturated rings. The Morgan fingerprint density at radius 2 is 2.27 bits per heavy atom. The van der Waals surface area contributed by atoms with Crippen LogP contribution in [0.1, 0.15) is 17.5 Å². The second-order valence-corrected chi connectivity index (χ2v) is 3.84. The van der Waals surface area contributed by atoms with Crippen molar-refractivity contribution in [2.45, 2.75) is 12.8 Å². The Bertz CT molecular complexity index is 358. The number of hydrogen-bond donors (Lipinski definition) is 1. The third-order valence-corrected chi connectivity index (χ3v) is 2.35. The van der Waals surface area contributed by atoms with E-state index in [0.29, 0.717) is 6.42 Å². The van der Waals surface area contributed by atoms with Gasteiger partial charge in [-0.15, -0.1) is 0 Å². The van der Waals surface area contributed by atoms with Crippen LogP contribution in [-0.4, -0.2) is 16.4 Å². The van der Waals surface area contributed by atoms with Crippen LogP contribution >= 0.6 is 15.9 Å². The maximum absolute atomic E-state index is 10.4. The van der Waals surface area contributed by atoms with Crippen LogP contribution in [0.5, 0.6) is 0 Å². The smallest absolute Gasteiger partial charge is 0.303 e. The monoisotopic (exact) mass is 268 g/mol. The van der Waals surface area contributed by atoms with Gasteiger partial charge in [-0.2, -0.15) is 0 Å². The van der Waals surface area contributed by atoms with E-state index in [2.05, 4.69) is 15.9 Å². The van der Waals surface area contributed by atoms with Gasteiger partial charge in [0.05, 0.1) is 0 Å². The number of carboxylic acids is 1. The van der Waals surface area contributed by atoms with Gasteiger partial charge < -0.3 is 5.11 Å². The van der Waals surface area contributed by atoms with Gasteiger partial charge in [0.15, 0.2) is 0 Å². The Morgan fingerprint density at radius 1 is 1.47 bits per heavy atom. The van der Waals surface area contributed by atoms with Crippen molar-refractivity contribution in [3.05, 3.63) is 41.5 Å². The highest BCUT2D eigenvalue weighted by Crippen LogP contribution is 2.09. The molecular formula is C12H13BrO2. The van der Waals surface area contributed by atoms with Crippen molar-refractivity contribution < 1.29 is 9.90 Å². The lowest BCUT2D eigenvalue weighted by Crippen LogP contribution is -1.97. The second kappa shape index (κ2) is 6.40. The SMILES string of the molecule is O=C(O)CCc1cccc(C=CCBr)c1. The molecule has 0 amide bonds. The van der Waals surface area contributed by atoms with Gasteiger partial charge in [-0.1, -0.05) is 52.3 Å². The highest BCUT2D eigenvalue weighted by atomic mass is 79.9. The van der Waals surface area contributed by atoms with E-state index in [0.717, 1.165) is 16.5 Å². The maximum Gasteiger partial charge on any atom is 0.303 e. The molecule has 0 aliphatic carbocycles. The zero-order chi connectivity index (χ0) is 11.1. The summed E-state index contributed by atoms with van der Waals surface area (Å²) in [6.45, 7) is 0.